The van der Waals surface area contributed by atoms with E-state index in [9.17, 15) is 4.79 Å². The highest BCUT2D eigenvalue weighted by atomic mass is 35.5. The van der Waals surface area contributed by atoms with Gasteiger partial charge in [-0.25, -0.2) is 4.98 Å². The van der Waals surface area contributed by atoms with Crippen LogP contribution >= 0.6 is 11.6 Å². The second kappa shape index (κ2) is 3.15. The van der Waals surface area contributed by atoms with Gasteiger partial charge < -0.3 is 0 Å². The first-order valence-corrected chi connectivity index (χ1v) is 4.24. The number of halogens is 1. The van der Waals surface area contributed by atoms with E-state index in [0.29, 0.717) is 10.6 Å². The van der Waals surface area contributed by atoms with Crippen LogP contribution in [0.4, 0.5) is 0 Å². The first-order valence-electron chi connectivity index (χ1n) is 3.86. The summed E-state index contributed by atoms with van der Waals surface area (Å²) >= 11 is 5.82. The predicted molar refractivity (Wildman–Crippen MR) is 50.9 cm³/mol. The van der Waals surface area contributed by atoms with Crippen molar-refractivity contribution < 1.29 is 9.78 Å². The Morgan fingerprint density at radius 1 is 1.31 bits per heavy atom. The number of carbonyl (C=O) groups is 1. The van der Waals surface area contributed by atoms with E-state index in [1.807, 2.05) is 6.07 Å². The molecule has 0 aliphatic heterocycles. The molecule has 1 heterocycles. The molecule has 0 radical (unpaired) electrons. The van der Waals surface area contributed by atoms with Gasteiger partial charge in [-0.05, 0) is 12.1 Å². The number of aromatic nitrogens is 1. The fraction of sp³-hybridized carbons (Fsp3) is 0. The summed E-state index contributed by atoms with van der Waals surface area (Å²) in [5.74, 6) is 0. The molecule has 0 unspecified atom stereocenters. The van der Waals surface area contributed by atoms with Crippen molar-refractivity contribution in [1.82, 2.24) is 0 Å². The number of nitrogens with one attached hydrogen (secondary N) is 1. The molecule has 0 spiro atoms. The molecule has 0 saturated carbocycles. The molecule has 1 N–H and O–H groups in total. The van der Waals surface area contributed by atoms with Gasteiger partial charge in [0.25, 0.3) is 0 Å². The van der Waals surface area contributed by atoms with Crippen LogP contribution in [0, 0.1) is 0 Å². The molecule has 2 nitrogen and oxygen atoms in total. The molecule has 1 aromatic heterocycles. The minimum absolute atomic E-state index is 0.634. The Morgan fingerprint density at radius 2 is 2.15 bits per heavy atom. The van der Waals surface area contributed by atoms with E-state index < -0.39 is 0 Å². The summed E-state index contributed by atoms with van der Waals surface area (Å²) in [7, 11) is 0. The lowest BCUT2D eigenvalue weighted by Crippen LogP contribution is -2.03. The molecule has 2 aromatic rings. The van der Waals surface area contributed by atoms with E-state index in [-0.39, 0.29) is 0 Å². The third-order valence-electron chi connectivity index (χ3n) is 1.92. The SMILES string of the molecule is O=Cc1cc[nH+]c2ccc(Cl)cc12. The molecule has 0 saturated heterocycles. The minimum atomic E-state index is 0.634. The number of H-pyrrole nitrogens is 1. The highest BCUT2D eigenvalue weighted by Crippen LogP contribution is 2.18. The van der Waals surface area contributed by atoms with Gasteiger partial charge in [-0.1, -0.05) is 11.6 Å². The van der Waals surface area contributed by atoms with Crippen LogP contribution in [0.5, 0.6) is 0 Å². The molecule has 0 bridgehead atoms. The quantitative estimate of drug-likeness (QED) is 0.637. The number of pyridine rings is 1. The van der Waals surface area contributed by atoms with E-state index in [0.717, 1.165) is 17.2 Å². The van der Waals surface area contributed by atoms with Crippen LogP contribution < -0.4 is 4.98 Å². The normalized spacial score (nSPS) is 10.2. The Morgan fingerprint density at radius 3 is 2.92 bits per heavy atom. The minimum Gasteiger partial charge on any atom is -0.298 e. The number of hydrogen-bond acceptors (Lipinski definition) is 1. The van der Waals surface area contributed by atoms with Crippen LogP contribution in [0.3, 0.4) is 0 Å². The Kier molecular flexibility index (Phi) is 1.99. The number of aldehydes is 1. The van der Waals surface area contributed by atoms with Crippen molar-refractivity contribution in [3.8, 4) is 0 Å². The van der Waals surface area contributed by atoms with Crippen molar-refractivity contribution in [2.45, 2.75) is 0 Å². The van der Waals surface area contributed by atoms with Crippen LogP contribution in [0.25, 0.3) is 10.9 Å². The lowest BCUT2D eigenvalue weighted by Gasteiger charge is -1.94. The first kappa shape index (κ1) is 8.20. The van der Waals surface area contributed by atoms with Crippen molar-refractivity contribution >= 4 is 28.8 Å². The molecule has 64 valence electrons. The Bertz CT molecular complexity index is 467. The van der Waals surface area contributed by atoms with Crippen molar-refractivity contribution in [2.75, 3.05) is 0 Å². The maximum Gasteiger partial charge on any atom is 0.211 e. The molecule has 0 atom stereocenters. The average Bonchev–Trinajstić information content (AvgIpc) is 2.17. The van der Waals surface area contributed by atoms with Gasteiger partial charge in [0.2, 0.25) is 5.52 Å². The van der Waals surface area contributed by atoms with Gasteiger partial charge >= 0.3 is 0 Å². The molecule has 3 heteroatoms. The van der Waals surface area contributed by atoms with Crippen LogP contribution in [0.15, 0.2) is 30.5 Å². The van der Waals surface area contributed by atoms with E-state index in [1.165, 1.54) is 0 Å². The highest BCUT2D eigenvalue weighted by molar-refractivity contribution is 6.31. The number of hydrogen-bond donors (Lipinski definition) is 0. The maximum absolute atomic E-state index is 10.7. The summed E-state index contributed by atoms with van der Waals surface area (Å²) in [5.41, 5.74) is 1.56. The number of fused-ring (bicyclic) bond motifs is 1. The van der Waals surface area contributed by atoms with Gasteiger partial charge in [-0.2, -0.15) is 0 Å². The summed E-state index contributed by atoms with van der Waals surface area (Å²) in [6, 6.07) is 7.14. The van der Waals surface area contributed by atoms with Gasteiger partial charge in [0.05, 0.1) is 5.39 Å². The van der Waals surface area contributed by atoms with Crippen molar-refractivity contribution in [3.05, 3.63) is 41.0 Å². The predicted octanol–water partition coefficient (Wildman–Crippen LogP) is 2.12. The van der Waals surface area contributed by atoms with Crippen molar-refractivity contribution in [2.24, 2.45) is 0 Å². The van der Waals surface area contributed by atoms with Gasteiger partial charge in [0.1, 0.15) is 0 Å². The molecule has 0 fully saturated rings. The summed E-state index contributed by atoms with van der Waals surface area (Å²) in [4.78, 5) is 13.7. The van der Waals surface area contributed by atoms with E-state index in [1.54, 1.807) is 24.4 Å². The zero-order valence-corrected chi connectivity index (χ0v) is 7.51. The van der Waals surface area contributed by atoms with Gasteiger partial charge in [0, 0.05) is 22.7 Å². The molecule has 0 aliphatic carbocycles. The molecular formula is C10H7ClNO+. The second-order valence-electron chi connectivity index (χ2n) is 2.74. The fourth-order valence-electron chi connectivity index (χ4n) is 1.29. The van der Waals surface area contributed by atoms with Crippen molar-refractivity contribution in [3.63, 3.8) is 0 Å². The number of benzene rings is 1. The van der Waals surface area contributed by atoms with Crippen LogP contribution in [-0.2, 0) is 0 Å². The Labute approximate surface area is 80.2 Å². The summed E-state index contributed by atoms with van der Waals surface area (Å²) in [6.45, 7) is 0. The van der Waals surface area contributed by atoms with Crippen LogP contribution in [0.2, 0.25) is 5.02 Å². The molecule has 1 aromatic carbocycles. The third-order valence-corrected chi connectivity index (χ3v) is 2.16. The average molecular weight is 193 g/mol. The second-order valence-corrected chi connectivity index (χ2v) is 3.18. The lowest BCUT2D eigenvalue weighted by atomic mass is 10.1. The Hall–Kier alpha value is -1.41. The largest absolute Gasteiger partial charge is 0.298 e. The van der Waals surface area contributed by atoms with Crippen LogP contribution in [-0.4, -0.2) is 6.29 Å². The highest BCUT2D eigenvalue weighted by Gasteiger charge is 2.05. The summed E-state index contributed by atoms with van der Waals surface area (Å²) < 4.78 is 0. The zero-order chi connectivity index (χ0) is 9.26. The Balaban J connectivity index is 2.86. The zero-order valence-electron chi connectivity index (χ0n) is 6.75. The third kappa shape index (κ3) is 1.40. The molecule has 13 heavy (non-hydrogen) atoms. The monoisotopic (exact) mass is 192 g/mol. The van der Waals surface area contributed by atoms with Gasteiger partial charge in [-0.15, -0.1) is 0 Å². The van der Waals surface area contributed by atoms with Gasteiger partial charge in [-0.3, -0.25) is 4.79 Å². The van der Waals surface area contributed by atoms with Crippen LogP contribution in [0.1, 0.15) is 10.4 Å². The lowest BCUT2D eigenvalue weighted by molar-refractivity contribution is -0.344. The standard InChI is InChI=1S/C10H6ClNO/c11-8-1-2-10-9(5-8)7(6-13)3-4-12-10/h1-6H/p+1. The summed E-state index contributed by atoms with van der Waals surface area (Å²) in [5, 5.41) is 1.49. The molecule has 0 amide bonds. The number of rotatable bonds is 1. The molecule has 0 aliphatic rings. The first-order chi connectivity index (χ1) is 6.31. The van der Waals surface area contributed by atoms with E-state index >= 15 is 0 Å². The van der Waals surface area contributed by atoms with Crippen molar-refractivity contribution in [1.29, 1.82) is 0 Å². The smallest absolute Gasteiger partial charge is 0.211 e. The number of aromatic amines is 1. The number of carbonyl (C=O) groups excluding carboxylic acids is 1. The summed E-state index contributed by atoms with van der Waals surface area (Å²) in [6.07, 6.45) is 2.56. The molecular weight excluding hydrogens is 186 g/mol. The van der Waals surface area contributed by atoms with E-state index in [4.69, 9.17) is 11.6 Å². The van der Waals surface area contributed by atoms with E-state index in [2.05, 4.69) is 4.98 Å². The fourth-order valence-corrected chi connectivity index (χ4v) is 1.47. The maximum atomic E-state index is 10.7. The topological polar surface area (TPSA) is 31.2 Å². The molecule has 2 rings (SSSR count). The van der Waals surface area contributed by atoms with Gasteiger partial charge in [0.15, 0.2) is 12.5 Å².